The van der Waals surface area contributed by atoms with E-state index in [9.17, 15) is 4.79 Å². The van der Waals surface area contributed by atoms with Crippen LogP contribution in [0, 0.1) is 6.92 Å². The summed E-state index contributed by atoms with van der Waals surface area (Å²) < 4.78 is 5.96. The number of benzene rings is 1. The molecule has 1 atom stereocenters. The number of ether oxygens (including phenoxy) is 1. The van der Waals surface area contributed by atoms with Gasteiger partial charge in [0, 0.05) is 0 Å². The molecule has 1 aliphatic rings. The van der Waals surface area contributed by atoms with E-state index in [4.69, 9.17) is 4.74 Å². The first kappa shape index (κ1) is 11.2. The summed E-state index contributed by atoms with van der Waals surface area (Å²) in [5.74, 6) is 0.957. The summed E-state index contributed by atoms with van der Waals surface area (Å²) in [6.45, 7) is 6.13. The third-order valence-electron chi connectivity index (χ3n) is 3.11. The smallest absolute Gasteiger partial charge is 0.170 e. The van der Waals surface area contributed by atoms with Gasteiger partial charge in [-0.25, -0.2) is 0 Å². The molecule has 0 saturated carbocycles. The van der Waals surface area contributed by atoms with Gasteiger partial charge in [-0.05, 0) is 32.4 Å². The number of hydrogen-bond acceptors (Lipinski definition) is 2. The second-order valence-electron chi connectivity index (χ2n) is 4.90. The molecule has 1 aromatic rings. The van der Waals surface area contributed by atoms with Crippen LogP contribution in [0.25, 0.3) is 0 Å². The van der Waals surface area contributed by atoms with Crippen LogP contribution in [0.1, 0.15) is 49.0 Å². The Labute approximate surface area is 96.6 Å². The van der Waals surface area contributed by atoms with Gasteiger partial charge in [0.05, 0.1) is 12.0 Å². The van der Waals surface area contributed by atoms with E-state index in [1.165, 1.54) is 0 Å². The Morgan fingerprint density at radius 1 is 1.44 bits per heavy atom. The number of ketones is 1. The summed E-state index contributed by atoms with van der Waals surface area (Å²) >= 11 is 0. The number of rotatable bonds is 2. The highest BCUT2D eigenvalue weighted by Gasteiger charge is 2.35. The molecule has 0 bridgehead atoms. The molecule has 1 heterocycles. The molecule has 16 heavy (non-hydrogen) atoms. The third kappa shape index (κ3) is 1.97. The minimum Gasteiger partial charge on any atom is -0.486 e. The predicted molar refractivity (Wildman–Crippen MR) is 64.1 cm³/mol. The minimum atomic E-state index is -0.311. The molecular formula is C14H18O2. The molecule has 1 unspecified atom stereocenters. The SMILES string of the molecule is CCCC1(C)CC(=O)c2cc(C)ccc2O1. The van der Waals surface area contributed by atoms with Crippen LogP contribution in [-0.4, -0.2) is 11.4 Å². The monoisotopic (exact) mass is 218 g/mol. The van der Waals surface area contributed by atoms with Crippen molar-refractivity contribution in [2.24, 2.45) is 0 Å². The largest absolute Gasteiger partial charge is 0.486 e. The first-order valence-corrected chi connectivity index (χ1v) is 5.87. The Kier molecular flexibility index (Phi) is 2.75. The van der Waals surface area contributed by atoms with Crippen LogP contribution in [0.3, 0.4) is 0 Å². The van der Waals surface area contributed by atoms with Crippen LogP contribution in [0.15, 0.2) is 18.2 Å². The van der Waals surface area contributed by atoms with Crippen LogP contribution in [0.5, 0.6) is 5.75 Å². The lowest BCUT2D eigenvalue weighted by Crippen LogP contribution is -2.38. The van der Waals surface area contributed by atoms with Gasteiger partial charge in [0.15, 0.2) is 5.78 Å². The highest BCUT2D eigenvalue weighted by Crippen LogP contribution is 2.35. The maximum absolute atomic E-state index is 12.0. The van der Waals surface area contributed by atoms with Gasteiger partial charge in [0.25, 0.3) is 0 Å². The van der Waals surface area contributed by atoms with Gasteiger partial charge in [-0.1, -0.05) is 25.0 Å². The number of carbonyl (C=O) groups is 1. The molecule has 0 N–H and O–H groups in total. The summed E-state index contributed by atoms with van der Waals surface area (Å²) in [4.78, 5) is 12.0. The lowest BCUT2D eigenvalue weighted by Gasteiger charge is -2.34. The zero-order valence-corrected chi connectivity index (χ0v) is 10.2. The minimum absolute atomic E-state index is 0.209. The summed E-state index contributed by atoms with van der Waals surface area (Å²) in [5.41, 5.74) is 1.54. The molecule has 0 spiro atoms. The van der Waals surface area contributed by atoms with E-state index in [1.807, 2.05) is 32.0 Å². The standard InChI is InChI=1S/C14H18O2/c1-4-7-14(3)9-12(15)11-8-10(2)5-6-13(11)16-14/h5-6,8H,4,7,9H2,1-3H3. The fourth-order valence-corrected chi connectivity index (χ4v) is 2.36. The molecule has 0 amide bonds. The molecule has 0 saturated heterocycles. The predicted octanol–water partition coefficient (Wildman–Crippen LogP) is 3.52. The molecule has 0 radical (unpaired) electrons. The fourth-order valence-electron chi connectivity index (χ4n) is 2.36. The molecule has 0 aliphatic carbocycles. The second-order valence-corrected chi connectivity index (χ2v) is 4.90. The summed E-state index contributed by atoms with van der Waals surface area (Å²) in [5, 5.41) is 0. The Hall–Kier alpha value is -1.31. The summed E-state index contributed by atoms with van der Waals surface area (Å²) in [7, 11) is 0. The van der Waals surface area contributed by atoms with Gasteiger partial charge >= 0.3 is 0 Å². The van der Waals surface area contributed by atoms with Crippen LogP contribution in [-0.2, 0) is 0 Å². The maximum atomic E-state index is 12.0. The van der Waals surface area contributed by atoms with Crippen LogP contribution >= 0.6 is 0 Å². The van der Waals surface area contributed by atoms with E-state index >= 15 is 0 Å². The van der Waals surface area contributed by atoms with E-state index in [0.717, 1.165) is 29.7 Å². The maximum Gasteiger partial charge on any atom is 0.170 e. The van der Waals surface area contributed by atoms with Gasteiger partial charge in [0.2, 0.25) is 0 Å². The van der Waals surface area contributed by atoms with Crippen molar-refractivity contribution in [3.8, 4) is 5.75 Å². The molecule has 0 fully saturated rings. The normalized spacial score (nSPS) is 23.8. The van der Waals surface area contributed by atoms with E-state index in [2.05, 4.69) is 6.92 Å². The van der Waals surface area contributed by atoms with E-state index in [-0.39, 0.29) is 11.4 Å². The number of carbonyl (C=O) groups excluding carboxylic acids is 1. The van der Waals surface area contributed by atoms with Crippen molar-refractivity contribution in [2.45, 2.75) is 45.6 Å². The fraction of sp³-hybridized carbons (Fsp3) is 0.500. The van der Waals surface area contributed by atoms with Gasteiger partial charge < -0.3 is 4.74 Å². The molecule has 1 aliphatic heterocycles. The van der Waals surface area contributed by atoms with Gasteiger partial charge in [0.1, 0.15) is 11.4 Å². The lowest BCUT2D eigenvalue weighted by molar-refractivity contribution is 0.0465. The van der Waals surface area contributed by atoms with Crippen molar-refractivity contribution < 1.29 is 9.53 Å². The van der Waals surface area contributed by atoms with Crippen LogP contribution in [0.2, 0.25) is 0 Å². The molecule has 86 valence electrons. The van der Waals surface area contributed by atoms with Gasteiger partial charge in [-0.3, -0.25) is 4.79 Å². The Morgan fingerprint density at radius 2 is 2.19 bits per heavy atom. The average Bonchev–Trinajstić information content (AvgIpc) is 2.19. The first-order chi connectivity index (χ1) is 7.54. The van der Waals surface area contributed by atoms with Crippen molar-refractivity contribution in [2.75, 3.05) is 0 Å². The Balaban J connectivity index is 2.37. The number of fused-ring (bicyclic) bond motifs is 1. The van der Waals surface area contributed by atoms with Gasteiger partial charge in [-0.2, -0.15) is 0 Å². The first-order valence-electron chi connectivity index (χ1n) is 5.87. The second kappa shape index (κ2) is 3.93. The van der Waals surface area contributed by atoms with Crippen molar-refractivity contribution in [1.82, 2.24) is 0 Å². The lowest BCUT2D eigenvalue weighted by atomic mass is 9.88. The third-order valence-corrected chi connectivity index (χ3v) is 3.11. The number of hydrogen-bond donors (Lipinski definition) is 0. The summed E-state index contributed by atoms with van der Waals surface area (Å²) in [6, 6.07) is 5.82. The quantitative estimate of drug-likeness (QED) is 0.759. The zero-order chi connectivity index (χ0) is 11.8. The van der Waals surface area contributed by atoms with E-state index in [1.54, 1.807) is 0 Å². The highest BCUT2D eigenvalue weighted by molar-refractivity contribution is 6.00. The number of Topliss-reactive ketones (excluding diaryl/α,β-unsaturated/α-hetero) is 1. The van der Waals surface area contributed by atoms with Crippen molar-refractivity contribution in [3.05, 3.63) is 29.3 Å². The number of aryl methyl sites for hydroxylation is 1. The van der Waals surface area contributed by atoms with Crippen molar-refractivity contribution >= 4 is 5.78 Å². The molecule has 1 aromatic carbocycles. The Morgan fingerprint density at radius 3 is 2.88 bits per heavy atom. The molecular weight excluding hydrogens is 200 g/mol. The molecule has 2 nitrogen and oxygen atoms in total. The Bertz CT molecular complexity index is 423. The van der Waals surface area contributed by atoms with Crippen LogP contribution < -0.4 is 4.74 Å². The topological polar surface area (TPSA) is 26.3 Å². The molecule has 2 heteroatoms. The van der Waals surface area contributed by atoms with E-state index < -0.39 is 0 Å². The van der Waals surface area contributed by atoms with Gasteiger partial charge in [-0.15, -0.1) is 0 Å². The highest BCUT2D eigenvalue weighted by atomic mass is 16.5. The zero-order valence-electron chi connectivity index (χ0n) is 10.2. The summed E-state index contributed by atoms with van der Waals surface area (Å²) in [6.07, 6.45) is 2.45. The molecule has 2 rings (SSSR count). The van der Waals surface area contributed by atoms with E-state index in [0.29, 0.717) is 6.42 Å². The van der Waals surface area contributed by atoms with Crippen LogP contribution in [0.4, 0.5) is 0 Å². The van der Waals surface area contributed by atoms with Crippen molar-refractivity contribution in [3.63, 3.8) is 0 Å². The molecule has 0 aromatic heterocycles. The van der Waals surface area contributed by atoms with Crippen molar-refractivity contribution in [1.29, 1.82) is 0 Å². The average molecular weight is 218 g/mol.